The van der Waals surface area contributed by atoms with Crippen LogP contribution in [0, 0.1) is 5.41 Å². The fourth-order valence-electron chi connectivity index (χ4n) is 2.15. The molecule has 1 aliphatic carbocycles. The second kappa shape index (κ2) is 3.49. The van der Waals surface area contributed by atoms with Crippen LogP contribution in [0.25, 0.3) is 0 Å². The molecule has 1 aliphatic heterocycles. The van der Waals surface area contributed by atoms with E-state index >= 15 is 0 Å². The van der Waals surface area contributed by atoms with Crippen LogP contribution in [0.15, 0.2) is 0 Å². The Hall–Kier alpha value is -0.0900. The lowest BCUT2D eigenvalue weighted by Gasteiger charge is -2.16. The molecule has 2 rings (SSSR count). The summed E-state index contributed by atoms with van der Waals surface area (Å²) in [6.07, 6.45) is 4.66. The van der Waals surface area contributed by atoms with Gasteiger partial charge in [-0.1, -0.05) is 6.92 Å². The van der Waals surface area contributed by atoms with Gasteiger partial charge in [-0.3, -0.25) is 0 Å². The number of sulfone groups is 1. The number of nitrogens with one attached hydrogen (secondary N) is 1. The molecule has 14 heavy (non-hydrogen) atoms. The fraction of sp³-hybridized carbons (Fsp3) is 1.00. The molecule has 82 valence electrons. The minimum atomic E-state index is -2.71. The van der Waals surface area contributed by atoms with Crippen LogP contribution in [0.2, 0.25) is 0 Å². The molecule has 2 aliphatic rings. The van der Waals surface area contributed by atoms with Gasteiger partial charge >= 0.3 is 0 Å². The van der Waals surface area contributed by atoms with Gasteiger partial charge in [0, 0.05) is 12.6 Å². The minimum Gasteiger partial charge on any atom is -0.312 e. The smallest absolute Gasteiger partial charge is 0.151 e. The zero-order valence-corrected chi connectivity index (χ0v) is 9.57. The molecule has 1 N–H and O–H groups in total. The number of hydrogen-bond acceptors (Lipinski definition) is 3. The molecule has 1 heterocycles. The minimum absolute atomic E-state index is 0.226. The van der Waals surface area contributed by atoms with Crippen LogP contribution < -0.4 is 5.32 Å². The predicted octanol–water partition coefficient (Wildman–Crippen LogP) is 0.953. The highest BCUT2D eigenvalue weighted by Gasteiger charge is 2.41. The van der Waals surface area contributed by atoms with E-state index in [1.165, 1.54) is 19.3 Å². The molecule has 0 aromatic heterocycles. The van der Waals surface area contributed by atoms with Crippen LogP contribution in [0.4, 0.5) is 0 Å². The highest BCUT2D eigenvalue weighted by Crippen LogP contribution is 2.48. The molecule has 0 amide bonds. The first-order valence-corrected chi connectivity index (χ1v) is 7.31. The molecule has 0 aromatic rings. The highest BCUT2D eigenvalue weighted by molar-refractivity contribution is 7.91. The van der Waals surface area contributed by atoms with E-state index in [9.17, 15) is 8.42 Å². The van der Waals surface area contributed by atoms with E-state index in [0.29, 0.717) is 16.9 Å². The molecule has 1 saturated heterocycles. The Morgan fingerprint density at radius 3 is 2.57 bits per heavy atom. The van der Waals surface area contributed by atoms with E-state index in [2.05, 4.69) is 12.2 Å². The van der Waals surface area contributed by atoms with Gasteiger partial charge in [0.1, 0.15) is 0 Å². The monoisotopic (exact) mass is 217 g/mol. The zero-order valence-electron chi connectivity index (χ0n) is 8.75. The van der Waals surface area contributed by atoms with Crippen molar-refractivity contribution in [3.8, 4) is 0 Å². The summed E-state index contributed by atoms with van der Waals surface area (Å²) in [6, 6.07) is 0.226. The standard InChI is InChI=1S/C10H19NO2S/c1-2-10(4-5-10)8-11-9-3-6-14(12,13)7-9/h9,11H,2-8H2,1H3. The fourth-order valence-corrected chi connectivity index (χ4v) is 3.86. The van der Waals surface area contributed by atoms with Crippen molar-refractivity contribution in [2.45, 2.75) is 38.6 Å². The SMILES string of the molecule is CCC1(CNC2CCS(=O)(=O)C2)CC1. The lowest BCUT2D eigenvalue weighted by Crippen LogP contribution is -2.34. The Kier molecular flexibility index (Phi) is 2.60. The van der Waals surface area contributed by atoms with Crippen LogP contribution in [0.3, 0.4) is 0 Å². The molecule has 1 atom stereocenters. The van der Waals surface area contributed by atoms with Crippen molar-refractivity contribution < 1.29 is 8.42 Å². The van der Waals surface area contributed by atoms with Gasteiger partial charge in [0.2, 0.25) is 0 Å². The summed E-state index contributed by atoms with van der Waals surface area (Å²) in [6.45, 7) is 3.24. The Morgan fingerprint density at radius 2 is 2.14 bits per heavy atom. The van der Waals surface area contributed by atoms with E-state index in [1.54, 1.807) is 0 Å². The Morgan fingerprint density at radius 1 is 1.43 bits per heavy atom. The van der Waals surface area contributed by atoms with E-state index in [-0.39, 0.29) is 6.04 Å². The molecule has 0 spiro atoms. The molecular weight excluding hydrogens is 198 g/mol. The molecule has 2 fully saturated rings. The van der Waals surface area contributed by atoms with Crippen molar-refractivity contribution in [3.63, 3.8) is 0 Å². The first-order chi connectivity index (χ1) is 6.55. The van der Waals surface area contributed by atoms with Crippen molar-refractivity contribution in [2.75, 3.05) is 18.1 Å². The molecular formula is C10H19NO2S. The van der Waals surface area contributed by atoms with Crippen LogP contribution in [0.1, 0.15) is 32.6 Å². The average Bonchev–Trinajstić information content (AvgIpc) is 2.84. The molecule has 1 unspecified atom stereocenters. The maximum Gasteiger partial charge on any atom is 0.151 e. The highest BCUT2D eigenvalue weighted by atomic mass is 32.2. The molecule has 3 nitrogen and oxygen atoms in total. The van der Waals surface area contributed by atoms with E-state index in [4.69, 9.17) is 0 Å². The third-order valence-electron chi connectivity index (χ3n) is 3.71. The van der Waals surface area contributed by atoms with Crippen LogP contribution in [0.5, 0.6) is 0 Å². The van der Waals surface area contributed by atoms with Crippen LogP contribution in [-0.2, 0) is 9.84 Å². The Labute approximate surface area is 86.2 Å². The zero-order chi connectivity index (χ0) is 10.2. The van der Waals surface area contributed by atoms with Gasteiger partial charge in [-0.05, 0) is 31.1 Å². The maximum atomic E-state index is 11.2. The van der Waals surface area contributed by atoms with Crippen molar-refractivity contribution >= 4 is 9.84 Å². The third kappa shape index (κ3) is 2.28. The van der Waals surface area contributed by atoms with Gasteiger partial charge in [0.05, 0.1) is 11.5 Å². The van der Waals surface area contributed by atoms with Gasteiger partial charge in [-0.15, -0.1) is 0 Å². The summed E-state index contributed by atoms with van der Waals surface area (Å²) in [5.41, 5.74) is 0.520. The number of rotatable bonds is 4. The van der Waals surface area contributed by atoms with Crippen molar-refractivity contribution in [3.05, 3.63) is 0 Å². The van der Waals surface area contributed by atoms with E-state index < -0.39 is 9.84 Å². The first-order valence-electron chi connectivity index (χ1n) is 5.49. The average molecular weight is 217 g/mol. The van der Waals surface area contributed by atoms with Crippen molar-refractivity contribution in [2.24, 2.45) is 5.41 Å². The summed E-state index contributed by atoms with van der Waals surface area (Å²) in [4.78, 5) is 0. The van der Waals surface area contributed by atoms with Gasteiger partial charge < -0.3 is 5.32 Å². The third-order valence-corrected chi connectivity index (χ3v) is 5.47. The lowest BCUT2D eigenvalue weighted by molar-refractivity contribution is 0.412. The normalized spacial score (nSPS) is 33.1. The Bertz CT molecular complexity index is 306. The molecule has 0 bridgehead atoms. The topological polar surface area (TPSA) is 46.2 Å². The lowest BCUT2D eigenvalue weighted by atomic mass is 10.0. The summed E-state index contributed by atoms with van der Waals surface area (Å²) >= 11 is 0. The van der Waals surface area contributed by atoms with E-state index in [1.807, 2.05) is 0 Å². The van der Waals surface area contributed by atoms with E-state index in [0.717, 1.165) is 13.0 Å². The van der Waals surface area contributed by atoms with Crippen molar-refractivity contribution in [1.82, 2.24) is 5.32 Å². The number of hydrogen-bond donors (Lipinski definition) is 1. The summed E-state index contributed by atoms with van der Waals surface area (Å²) in [7, 11) is -2.71. The van der Waals surface area contributed by atoms with Crippen LogP contribution in [-0.4, -0.2) is 32.5 Å². The maximum absolute atomic E-state index is 11.2. The van der Waals surface area contributed by atoms with Gasteiger partial charge in [-0.2, -0.15) is 0 Å². The molecule has 4 heteroatoms. The van der Waals surface area contributed by atoms with Crippen molar-refractivity contribution in [1.29, 1.82) is 0 Å². The quantitative estimate of drug-likeness (QED) is 0.762. The second-order valence-electron chi connectivity index (χ2n) is 4.83. The largest absolute Gasteiger partial charge is 0.312 e. The summed E-state index contributed by atoms with van der Waals surface area (Å²) in [5.74, 6) is 0.733. The van der Waals surface area contributed by atoms with Gasteiger partial charge in [0.15, 0.2) is 9.84 Å². The van der Waals surface area contributed by atoms with Crippen LogP contribution >= 0.6 is 0 Å². The summed E-state index contributed by atoms with van der Waals surface area (Å²) < 4.78 is 22.4. The van der Waals surface area contributed by atoms with Gasteiger partial charge in [-0.25, -0.2) is 8.42 Å². The van der Waals surface area contributed by atoms with Gasteiger partial charge in [0.25, 0.3) is 0 Å². The second-order valence-corrected chi connectivity index (χ2v) is 7.06. The first kappa shape index (κ1) is 10.4. The molecule has 0 radical (unpaired) electrons. The predicted molar refractivity (Wildman–Crippen MR) is 57.0 cm³/mol. The molecule has 0 aromatic carbocycles. The Balaban J connectivity index is 1.77. The summed E-state index contributed by atoms with van der Waals surface area (Å²) in [5, 5.41) is 3.41. The molecule has 1 saturated carbocycles.